The Morgan fingerprint density at radius 2 is 1.95 bits per heavy atom. The fraction of sp³-hybridized carbons (Fsp3) is 0.385. The van der Waals surface area contributed by atoms with Crippen molar-refractivity contribution in [2.24, 2.45) is 10.9 Å². The fourth-order valence-electron chi connectivity index (χ4n) is 3.84. The minimum atomic E-state index is -0.779. The van der Waals surface area contributed by atoms with Crippen LogP contribution in [0.5, 0.6) is 11.5 Å². The van der Waals surface area contributed by atoms with Gasteiger partial charge < -0.3 is 19.8 Å². The number of amidine groups is 1. The summed E-state index contributed by atoms with van der Waals surface area (Å²) in [6.45, 7) is 1.73. The van der Waals surface area contributed by atoms with Gasteiger partial charge in [-0.2, -0.15) is 0 Å². The molecule has 0 saturated heterocycles. The second-order valence-corrected chi connectivity index (χ2v) is 9.17. The number of likely N-dealkylation sites (N-methyl/N-ethyl adjacent to an activating group) is 1. The predicted octanol–water partition coefficient (Wildman–Crippen LogP) is 2.91. The Balaban J connectivity index is 1.86. The molecule has 1 aliphatic heterocycles. The van der Waals surface area contributed by atoms with Crippen molar-refractivity contribution >= 4 is 35.3 Å². The zero-order valence-electron chi connectivity index (χ0n) is 21.4. The zero-order valence-corrected chi connectivity index (χ0v) is 22.1. The first-order valence-electron chi connectivity index (χ1n) is 11.9. The number of amides is 4. The number of hydrogen-bond donors (Lipinski definition) is 2. The largest absolute Gasteiger partial charge is 0.496 e. The third-order valence-corrected chi connectivity index (χ3v) is 6.09. The number of aliphatic imine (C=N–C) groups is 1. The van der Waals surface area contributed by atoms with E-state index in [0.717, 1.165) is 10.5 Å². The Morgan fingerprint density at radius 3 is 2.59 bits per heavy atom. The van der Waals surface area contributed by atoms with Gasteiger partial charge in [0.15, 0.2) is 11.6 Å². The van der Waals surface area contributed by atoms with E-state index in [1.165, 1.54) is 12.0 Å². The number of para-hydroxylation sites is 1. The van der Waals surface area contributed by atoms with Crippen LogP contribution < -0.4 is 20.4 Å². The lowest BCUT2D eigenvalue weighted by atomic mass is 9.97. The van der Waals surface area contributed by atoms with E-state index >= 15 is 0 Å². The quantitative estimate of drug-likeness (QED) is 0.508. The first-order chi connectivity index (χ1) is 17.7. The first-order valence-corrected chi connectivity index (χ1v) is 12.3. The van der Waals surface area contributed by atoms with Crippen molar-refractivity contribution in [3.8, 4) is 11.5 Å². The number of carbonyl (C=O) groups is 3. The summed E-state index contributed by atoms with van der Waals surface area (Å²) >= 11 is 6.19. The first kappa shape index (κ1) is 27.8. The van der Waals surface area contributed by atoms with E-state index in [1.807, 2.05) is 18.2 Å². The average molecular weight is 530 g/mol. The van der Waals surface area contributed by atoms with Crippen molar-refractivity contribution in [3.63, 3.8) is 0 Å². The molecule has 0 fully saturated rings. The molecule has 4 amide bonds. The van der Waals surface area contributed by atoms with Crippen LogP contribution in [0.15, 0.2) is 53.5 Å². The standard InChI is InChI=1S/C26H32ClN5O5/c1-5-21(25(34)31(2)3)29-26(35)32-16-23(30-37-20-9-7-6-8-10-20)28-15-18(24(32)33)13-17-14-19(27)11-12-22(17)36-4/h6-12,14,18,21H,5,13,15-16H2,1-4H3,(H,28,30)(H,29,35)/t18-,21?/m1/s1. The fourth-order valence-corrected chi connectivity index (χ4v) is 4.04. The number of ether oxygens (including phenoxy) is 1. The summed E-state index contributed by atoms with van der Waals surface area (Å²) in [5.41, 5.74) is 3.48. The van der Waals surface area contributed by atoms with E-state index in [1.54, 1.807) is 51.4 Å². The van der Waals surface area contributed by atoms with Crippen molar-refractivity contribution < 1.29 is 24.0 Å². The molecule has 1 aliphatic rings. The third-order valence-electron chi connectivity index (χ3n) is 5.85. The predicted molar refractivity (Wildman–Crippen MR) is 141 cm³/mol. The van der Waals surface area contributed by atoms with E-state index < -0.39 is 23.9 Å². The maximum atomic E-state index is 13.6. The van der Waals surface area contributed by atoms with Crippen molar-refractivity contribution in [1.82, 2.24) is 20.6 Å². The maximum Gasteiger partial charge on any atom is 0.325 e. The third kappa shape index (κ3) is 7.36. The van der Waals surface area contributed by atoms with Gasteiger partial charge in [0.1, 0.15) is 11.8 Å². The monoisotopic (exact) mass is 529 g/mol. The molecule has 1 heterocycles. The van der Waals surface area contributed by atoms with Gasteiger partial charge in [0.05, 0.1) is 26.1 Å². The van der Waals surface area contributed by atoms with Crippen LogP contribution in [-0.4, -0.2) is 73.8 Å². The van der Waals surface area contributed by atoms with Gasteiger partial charge >= 0.3 is 6.03 Å². The number of nitrogens with one attached hydrogen (secondary N) is 2. The maximum absolute atomic E-state index is 13.6. The molecule has 198 valence electrons. The Kier molecular flexibility index (Phi) is 9.73. The highest BCUT2D eigenvalue weighted by molar-refractivity contribution is 6.30. The molecule has 0 bridgehead atoms. The van der Waals surface area contributed by atoms with E-state index in [0.29, 0.717) is 28.8 Å². The summed E-state index contributed by atoms with van der Waals surface area (Å²) in [6, 6.07) is 12.7. The van der Waals surface area contributed by atoms with Crippen molar-refractivity contribution in [2.45, 2.75) is 25.8 Å². The van der Waals surface area contributed by atoms with Crippen molar-refractivity contribution in [2.75, 3.05) is 34.3 Å². The van der Waals surface area contributed by atoms with Crippen LogP contribution in [-0.2, 0) is 16.0 Å². The normalized spacial score (nSPS) is 16.2. The Bertz CT molecular complexity index is 1140. The lowest BCUT2D eigenvalue weighted by Crippen LogP contribution is -2.55. The Labute approximate surface area is 221 Å². The van der Waals surface area contributed by atoms with Crippen molar-refractivity contribution in [3.05, 3.63) is 59.1 Å². The minimum Gasteiger partial charge on any atom is -0.496 e. The number of urea groups is 1. The molecule has 0 aromatic heterocycles. The van der Waals surface area contributed by atoms with E-state index in [9.17, 15) is 14.4 Å². The van der Waals surface area contributed by atoms with E-state index in [4.69, 9.17) is 21.2 Å². The number of nitrogens with zero attached hydrogens (tertiary/aromatic N) is 3. The van der Waals surface area contributed by atoms with Gasteiger partial charge in [-0.1, -0.05) is 36.7 Å². The van der Waals surface area contributed by atoms with Gasteiger partial charge in [-0.25, -0.2) is 10.3 Å². The topological polar surface area (TPSA) is 113 Å². The van der Waals surface area contributed by atoms with Gasteiger partial charge in [-0.15, -0.1) is 0 Å². The number of rotatable bonds is 8. The number of methoxy groups -OCH3 is 1. The number of benzene rings is 2. The van der Waals surface area contributed by atoms with Crippen LogP contribution >= 0.6 is 11.6 Å². The summed E-state index contributed by atoms with van der Waals surface area (Å²) < 4.78 is 5.43. The van der Waals surface area contributed by atoms with Crippen molar-refractivity contribution in [1.29, 1.82) is 0 Å². The van der Waals surface area contributed by atoms with E-state index in [2.05, 4.69) is 15.8 Å². The molecule has 3 rings (SSSR count). The van der Waals surface area contributed by atoms with E-state index in [-0.39, 0.29) is 25.4 Å². The second kappa shape index (κ2) is 13.0. The summed E-state index contributed by atoms with van der Waals surface area (Å²) in [4.78, 5) is 52.0. The molecule has 2 aromatic rings. The number of carbonyl (C=O) groups excluding carboxylic acids is 3. The number of hydroxylamine groups is 1. The average Bonchev–Trinajstić information content (AvgIpc) is 3.05. The molecule has 2 N–H and O–H groups in total. The summed E-state index contributed by atoms with van der Waals surface area (Å²) in [5.74, 6) is 0.0257. The highest BCUT2D eigenvalue weighted by Crippen LogP contribution is 2.27. The van der Waals surface area contributed by atoms with Gasteiger partial charge in [0, 0.05) is 19.1 Å². The molecule has 10 nitrogen and oxygen atoms in total. The highest BCUT2D eigenvalue weighted by atomic mass is 35.5. The molecular formula is C26H32ClN5O5. The molecule has 0 radical (unpaired) electrons. The number of halogens is 1. The molecule has 0 aliphatic carbocycles. The Hall–Kier alpha value is -3.79. The van der Waals surface area contributed by atoms with Crippen LogP contribution in [0, 0.1) is 5.92 Å². The second-order valence-electron chi connectivity index (χ2n) is 8.73. The minimum absolute atomic E-state index is 0.104. The lowest BCUT2D eigenvalue weighted by Gasteiger charge is -2.27. The van der Waals surface area contributed by atoms with Gasteiger partial charge in [-0.3, -0.25) is 19.5 Å². The molecule has 37 heavy (non-hydrogen) atoms. The van der Waals surface area contributed by atoms with Gasteiger partial charge in [0.2, 0.25) is 11.8 Å². The number of imide groups is 1. The van der Waals surface area contributed by atoms with Crippen LogP contribution in [0.2, 0.25) is 5.02 Å². The van der Waals surface area contributed by atoms with Gasteiger partial charge in [-0.05, 0) is 48.7 Å². The lowest BCUT2D eigenvalue weighted by molar-refractivity contribution is -0.133. The van der Waals surface area contributed by atoms with Crippen LogP contribution in [0.1, 0.15) is 18.9 Å². The van der Waals surface area contributed by atoms with Crippen LogP contribution in [0.3, 0.4) is 0 Å². The van der Waals surface area contributed by atoms with Crippen LogP contribution in [0.25, 0.3) is 0 Å². The summed E-state index contributed by atoms with van der Waals surface area (Å²) in [7, 11) is 4.76. The molecule has 11 heteroatoms. The molecule has 2 aromatic carbocycles. The summed E-state index contributed by atoms with van der Waals surface area (Å²) in [6.07, 6.45) is 0.612. The highest BCUT2D eigenvalue weighted by Gasteiger charge is 2.35. The SMILES string of the molecule is CCC(NC(=O)N1CC(NOc2ccccc2)=NC[C@@H](Cc2cc(Cl)ccc2OC)C1=O)C(=O)N(C)C. The zero-order chi connectivity index (χ0) is 26.9. The number of hydrogen-bond acceptors (Lipinski definition) is 7. The molecule has 0 spiro atoms. The van der Waals surface area contributed by atoms with Gasteiger partial charge in [0.25, 0.3) is 0 Å². The molecule has 0 saturated carbocycles. The molecular weight excluding hydrogens is 498 g/mol. The molecule has 2 atom stereocenters. The Morgan fingerprint density at radius 1 is 1.22 bits per heavy atom. The molecule has 1 unspecified atom stereocenters. The van der Waals surface area contributed by atoms with Crippen LogP contribution in [0.4, 0.5) is 4.79 Å². The summed E-state index contributed by atoms with van der Waals surface area (Å²) in [5, 5.41) is 3.19. The smallest absolute Gasteiger partial charge is 0.325 e.